The van der Waals surface area contributed by atoms with E-state index in [1.165, 1.54) is 0 Å². The van der Waals surface area contributed by atoms with Gasteiger partial charge in [0.25, 0.3) is 0 Å². The summed E-state index contributed by atoms with van der Waals surface area (Å²) in [6.07, 6.45) is 12.8. The predicted molar refractivity (Wildman–Crippen MR) is 121 cm³/mol. The normalized spacial score (nSPS) is 12.3. The highest BCUT2D eigenvalue weighted by Gasteiger charge is 2.11. The summed E-state index contributed by atoms with van der Waals surface area (Å²) in [4.78, 5) is 22.5. The molecule has 0 atom stereocenters. The highest BCUT2D eigenvalue weighted by molar-refractivity contribution is 5.92. The zero-order valence-corrected chi connectivity index (χ0v) is 17.4. The second-order valence-corrected chi connectivity index (χ2v) is 6.29. The van der Waals surface area contributed by atoms with Crippen molar-refractivity contribution in [1.82, 2.24) is 9.97 Å². The lowest BCUT2D eigenvalue weighted by Gasteiger charge is -2.19. The van der Waals surface area contributed by atoms with E-state index in [-0.39, 0.29) is 7.33 Å². The summed E-state index contributed by atoms with van der Waals surface area (Å²) in [5, 5.41) is 3.25. The summed E-state index contributed by atoms with van der Waals surface area (Å²) in [6, 6.07) is 9.70. The van der Waals surface area contributed by atoms with Crippen LogP contribution in [0.5, 0.6) is 0 Å². The van der Waals surface area contributed by atoms with Gasteiger partial charge < -0.3 is 15.0 Å². The number of amides is 1. The van der Waals surface area contributed by atoms with Gasteiger partial charge in [-0.05, 0) is 37.6 Å². The number of methoxy groups -OCH3 is 1. The van der Waals surface area contributed by atoms with Crippen molar-refractivity contribution in [3.05, 3.63) is 72.6 Å². The quantitative estimate of drug-likeness (QED) is 0.786. The molecule has 1 N–H and O–H groups in total. The number of nitrogens with zero attached hydrogens (tertiary/aromatic N) is 3. The molecule has 1 amide bonds. The molecule has 0 fully saturated rings. The van der Waals surface area contributed by atoms with Crippen molar-refractivity contribution >= 4 is 17.5 Å². The van der Waals surface area contributed by atoms with E-state index in [1.807, 2.05) is 55.5 Å². The molecule has 0 unspecified atom stereocenters. The molecular formula is C23H30N4O2. The van der Waals surface area contributed by atoms with Crippen molar-refractivity contribution in [3.8, 4) is 11.3 Å². The van der Waals surface area contributed by atoms with Gasteiger partial charge in [-0.1, -0.05) is 36.4 Å². The minimum atomic E-state index is 0. The summed E-state index contributed by atoms with van der Waals surface area (Å²) in [7, 11) is 3.25. The minimum Gasteiger partial charge on any atom is -0.388 e. The Balaban J connectivity index is 0.00000106. The summed E-state index contributed by atoms with van der Waals surface area (Å²) < 4.78 is 4.25. The molecule has 0 spiro atoms. The highest BCUT2D eigenvalue weighted by Crippen LogP contribution is 2.24. The zero-order chi connectivity index (χ0) is 21.1. The van der Waals surface area contributed by atoms with Crippen LogP contribution in [0.4, 0.5) is 11.6 Å². The molecule has 0 saturated heterocycles. The molecule has 0 radical (unpaired) electrons. The summed E-state index contributed by atoms with van der Waals surface area (Å²) in [5.74, 6) is 0.569. The summed E-state index contributed by atoms with van der Waals surface area (Å²) >= 11 is 0. The molecule has 1 aromatic heterocycles. The zero-order valence-electron chi connectivity index (χ0n) is 17.4. The number of hydrogen-bond donors (Lipinski definition) is 1. The van der Waals surface area contributed by atoms with E-state index >= 15 is 0 Å². The van der Waals surface area contributed by atoms with Crippen LogP contribution in [-0.4, -0.2) is 36.6 Å². The van der Waals surface area contributed by atoms with Gasteiger partial charge >= 0.3 is 0 Å². The molecule has 29 heavy (non-hydrogen) atoms. The molecule has 1 aromatic carbocycles. The molecule has 6 nitrogen and oxygen atoms in total. The van der Waals surface area contributed by atoms with Crippen LogP contribution in [0.3, 0.4) is 0 Å². The van der Waals surface area contributed by atoms with Crippen LogP contribution < -0.4 is 10.2 Å². The fourth-order valence-electron chi connectivity index (χ4n) is 2.80. The number of aromatic nitrogens is 2. The molecule has 0 saturated carbocycles. The first-order valence-corrected chi connectivity index (χ1v) is 9.51. The van der Waals surface area contributed by atoms with Gasteiger partial charge in [0.2, 0.25) is 11.9 Å². The van der Waals surface area contributed by atoms with Crippen molar-refractivity contribution in [2.24, 2.45) is 0 Å². The largest absolute Gasteiger partial charge is 0.388 e. The number of allylic oxidation sites excluding steroid dienone is 5. The Morgan fingerprint density at radius 2 is 2.07 bits per heavy atom. The highest BCUT2D eigenvalue weighted by atomic mass is 16.4. The first-order chi connectivity index (χ1) is 14.1. The SMILES string of the molecule is CCN(C(C)=O)c1cccc(-c2ccnc(NC3=CCC=CC=C3)n2)c1.COC.[HH]. The number of nitrogens with one attached hydrogen (secondary N) is 1. The lowest BCUT2D eigenvalue weighted by atomic mass is 10.1. The third-order valence-electron chi connectivity index (χ3n) is 4.06. The van der Waals surface area contributed by atoms with Gasteiger partial charge in [0.1, 0.15) is 0 Å². The van der Waals surface area contributed by atoms with Gasteiger partial charge in [-0.25, -0.2) is 9.97 Å². The lowest BCUT2D eigenvalue weighted by molar-refractivity contribution is -0.116. The van der Waals surface area contributed by atoms with Crippen LogP contribution in [-0.2, 0) is 9.53 Å². The van der Waals surface area contributed by atoms with E-state index in [9.17, 15) is 4.79 Å². The van der Waals surface area contributed by atoms with Crippen LogP contribution in [0.15, 0.2) is 72.6 Å². The van der Waals surface area contributed by atoms with Crippen LogP contribution >= 0.6 is 0 Å². The van der Waals surface area contributed by atoms with Crippen molar-refractivity contribution in [2.45, 2.75) is 20.3 Å². The second kappa shape index (κ2) is 11.6. The van der Waals surface area contributed by atoms with E-state index in [0.717, 1.165) is 29.1 Å². The monoisotopic (exact) mass is 394 g/mol. The fraction of sp³-hybridized carbons (Fsp3) is 0.261. The Labute approximate surface area is 174 Å². The van der Waals surface area contributed by atoms with Gasteiger partial charge in [-0.15, -0.1) is 0 Å². The summed E-state index contributed by atoms with van der Waals surface area (Å²) in [6.45, 7) is 4.17. The first kappa shape index (κ1) is 22.0. The number of benzene rings is 1. The van der Waals surface area contributed by atoms with Crippen molar-refractivity contribution in [3.63, 3.8) is 0 Å². The first-order valence-electron chi connectivity index (χ1n) is 9.51. The Bertz CT molecular complexity index is 910. The van der Waals surface area contributed by atoms with Crippen molar-refractivity contribution < 1.29 is 11.0 Å². The molecular weight excluding hydrogens is 364 g/mol. The molecule has 3 rings (SSSR count). The molecule has 154 valence electrons. The molecule has 2 aromatic rings. The maximum atomic E-state index is 11.8. The number of anilines is 2. The number of carbonyl (C=O) groups excluding carboxylic acids is 1. The Morgan fingerprint density at radius 3 is 2.79 bits per heavy atom. The average Bonchev–Trinajstić information content (AvgIpc) is 2.98. The van der Waals surface area contributed by atoms with Gasteiger partial charge in [-0.2, -0.15) is 0 Å². The Morgan fingerprint density at radius 1 is 1.28 bits per heavy atom. The van der Waals surface area contributed by atoms with E-state index in [4.69, 9.17) is 0 Å². The minimum absolute atomic E-state index is 0. The van der Waals surface area contributed by atoms with Gasteiger partial charge in [-0.3, -0.25) is 4.79 Å². The average molecular weight is 395 g/mol. The van der Waals surface area contributed by atoms with Crippen molar-refractivity contribution in [2.75, 3.05) is 31.0 Å². The molecule has 1 heterocycles. The van der Waals surface area contributed by atoms with E-state index in [2.05, 4.69) is 32.2 Å². The molecule has 1 aliphatic carbocycles. The number of rotatable bonds is 5. The smallest absolute Gasteiger partial charge is 0.227 e. The number of hydrogen-bond acceptors (Lipinski definition) is 5. The van der Waals surface area contributed by atoms with Gasteiger partial charge in [0.15, 0.2) is 0 Å². The van der Waals surface area contributed by atoms with Gasteiger partial charge in [0.05, 0.1) is 5.69 Å². The van der Waals surface area contributed by atoms with Gasteiger partial charge in [0, 0.05) is 52.3 Å². The van der Waals surface area contributed by atoms with Crippen LogP contribution in [0.2, 0.25) is 0 Å². The summed E-state index contributed by atoms with van der Waals surface area (Å²) in [5.41, 5.74) is 3.58. The lowest BCUT2D eigenvalue weighted by Crippen LogP contribution is -2.27. The third kappa shape index (κ3) is 6.69. The Hall–Kier alpha value is -3.25. The Kier molecular flexibility index (Phi) is 8.79. The maximum Gasteiger partial charge on any atom is 0.227 e. The molecule has 1 aliphatic rings. The molecule has 6 heteroatoms. The predicted octanol–water partition coefficient (Wildman–Crippen LogP) is 4.84. The van der Waals surface area contributed by atoms with Crippen LogP contribution in [0.1, 0.15) is 21.7 Å². The number of carbonyl (C=O) groups is 1. The third-order valence-corrected chi connectivity index (χ3v) is 4.06. The van der Waals surface area contributed by atoms with E-state index < -0.39 is 0 Å². The van der Waals surface area contributed by atoms with Crippen LogP contribution in [0.25, 0.3) is 11.3 Å². The number of ether oxygens (including phenoxy) is 1. The van der Waals surface area contributed by atoms with E-state index in [0.29, 0.717) is 12.5 Å². The fourth-order valence-corrected chi connectivity index (χ4v) is 2.80. The molecule has 0 aliphatic heterocycles. The van der Waals surface area contributed by atoms with E-state index in [1.54, 1.807) is 32.2 Å². The molecule has 0 bridgehead atoms. The van der Waals surface area contributed by atoms with Crippen molar-refractivity contribution in [1.29, 1.82) is 0 Å². The second-order valence-electron chi connectivity index (χ2n) is 6.29. The maximum absolute atomic E-state index is 11.8. The standard InChI is InChI=1S/C21H22N4O.C2H6O.H2/c1-3-25(16(2)26)19-12-8-9-17(15-19)20-13-14-22-21(24-20)23-18-10-6-4-5-7-11-18;1-3-2;/h4-6,8-15H,3,7H2,1-2H3,(H,22,23,24);1-2H3;1H. The van der Waals surface area contributed by atoms with Crippen LogP contribution in [0, 0.1) is 0 Å². The topological polar surface area (TPSA) is 67.4 Å².